The van der Waals surface area contributed by atoms with Crippen LogP contribution in [0.1, 0.15) is 19.0 Å². The average molecular weight is 197 g/mol. The fourth-order valence-electron chi connectivity index (χ4n) is 1.51. The summed E-state index contributed by atoms with van der Waals surface area (Å²) in [5.41, 5.74) is 1.19. The molecule has 0 unspecified atom stereocenters. The van der Waals surface area contributed by atoms with Crippen LogP contribution in [0.2, 0.25) is 0 Å². The van der Waals surface area contributed by atoms with Gasteiger partial charge in [0.2, 0.25) is 0 Å². The predicted molar refractivity (Wildman–Crippen MR) is 55.9 cm³/mol. The Bertz CT molecular complexity index is 254. The summed E-state index contributed by atoms with van der Waals surface area (Å²) in [7, 11) is 1.94. The summed E-state index contributed by atoms with van der Waals surface area (Å²) in [4.78, 5) is 2.23. The summed E-state index contributed by atoms with van der Waals surface area (Å²) in [6, 6.07) is 2.01. The minimum Gasteiger partial charge on any atom is -0.395 e. The molecule has 0 atom stereocenters. The van der Waals surface area contributed by atoms with Gasteiger partial charge in [0.15, 0.2) is 0 Å². The van der Waals surface area contributed by atoms with Crippen molar-refractivity contribution in [1.82, 2.24) is 14.7 Å². The molecular weight excluding hydrogens is 178 g/mol. The Morgan fingerprint density at radius 1 is 1.50 bits per heavy atom. The lowest BCUT2D eigenvalue weighted by atomic mass is 10.3. The Hall–Kier alpha value is -0.870. The molecule has 1 rings (SSSR count). The van der Waals surface area contributed by atoms with Crippen LogP contribution in [-0.2, 0) is 13.6 Å². The molecule has 0 aliphatic carbocycles. The first-order chi connectivity index (χ1) is 6.77. The van der Waals surface area contributed by atoms with Crippen LogP contribution < -0.4 is 0 Å². The van der Waals surface area contributed by atoms with Gasteiger partial charge in [0.25, 0.3) is 0 Å². The molecule has 0 fully saturated rings. The Morgan fingerprint density at radius 3 is 2.79 bits per heavy atom. The zero-order chi connectivity index (χ0) is 10.4. The van der Waals surface area contributed by atoms with Crippen molar-refractivity contribution in [3.8, 4) is 0 Å². The van der Waals surface area contributed by atoms with Gasteiger partial charge in [-0.3, -0.25) is 9.58 Å². The van der Waals surface area contributed by atoms with Gasteiger partial charge in [-0.2, -0.15) is 5.10 Å². The highest BCUT2D eigenvalue weighted by Gasteiger charge is 2.06. The minimum absolute atomic E-state index is 0.220. The summed E-state index contributed by atoms with van der Waals surface area (Å²) in [6.07, 6.45) is 2.91. The number of aromatic nitrogens is 2. The third-order valence-corrected chi connectivity index (χ3v) is 2.26. The molecule has 0 saturated heterocycles. The first-order valence-corrected chi connectivity index (χ1v) is 5.08. The van der Waals surface area contributed by atoms with Gasteiger partial charge in [-0.15, -0.1) is 0 Å². The van der Waals surface area contributed by atoms with E-state index in [9.17, 15) is 0 Å². The number of aliphatic hydroxyl groups excluding tert-OH is 1. The second kappa shape index (κ2) is 5.78. The van der Waals surface area contributed by atoms with Crippen molar-refractivity contribution in [3.05, 3.63) is 18.0 Å². The van der Waals surface area contributed by atoms with Crippen LogP contribution in [0, 0.1) is 0 Å². The summed E-state index contributed by atoms with van der Waals surface area (Å²) in [6.45, 7) is 4.99. The van der Waals surface area contributed by atoms with Gasteiger partial charge in [-0.05, 0) is 19.0 Å². The first kappa shape index (κ1) is 11.2. The molecule has 4 heteroatoms. The number of hydrogen-bond donors (Lipinski definition) is 1. The molecule has 14 heavy (non-hydrogen) atoms. The number of rotatable bonds is 6. The van der Waals surface area contributed by atoms with Gasteiger partial charge in [-0.1, -0.05) is 6.92 Å². The summed E-state index contributed by atoms with van der Waals surface area (Å²) >= 11 is 0. The van der Waals surface area contributed by atoms with Crippen LogP contribution in [-0.4, -0.2) is 39.5 Å². The van der Waals surface area contributed by atoms with Crippen molar-refractivity contribution in [2.75, 3.05) is 19.7 Å². The van der Waals surface area contributed by atoms with Crippen molar-refractivity contribution in [2.45, 2.75) is 19.9 Å². The van der Waals surface area contributed by atoms with Crippen molar-refractivity contribution < 1.29 is 5.11 Å². The molecule has 0 aliphatic rings. The number of aliphatic hydroxyl groups is 1. The van der Waals surface area contributed by atoms with Crippen molar-refractivity contribution in [3.63, 3.8) is 0 Å². The lowest BCUT2D eigenvalue weighted by Crippen LogP contribution is -2.28. The largest absolute Gasteiger partial charge is 0.395 e. The van der Waals surface area contributed by atoms with Crippen molar-refractivity contribution >= 4 is 0 Å². The van der Waals surface area contributed by atoms with E-state index in [1.165, 1.54) is 5.69 Å². The standard InChI is InChI=1S/C10H19N3O/c1-3-6-13(7-8-14)9-10-4-5-11-12(10)2/h4-5,14H,3,6-9H2,1-2H3. The monoisotopic (exact) mass is 197 g/mol. The molecular formula is C10H19N3O. The molecule has 80 valence electrons. The highest BCUT2D eigenvalue weighted by atomic mass is 16.3. The molecule has 0 saturated carbocycles. The van der Waals surface area contributed by atoms with Crippen LogP contribution in [0.5, 0.6) is 0 Å². The predicted octanol–water partition coefficient (Wildman–Crippen LogP) is 0.624. The maximum absolute atomic E-state index is 8.90. The van der Waals surface area contributed by atoms with Gasteiger partial charge in [0, 0.05) is 26.3 Å². The molecule has 0 spiro atoms. The third kappa shape index (κ3) is 3.12. The Kier molecular flexibility index (Phi) is 4.62. The van der Waals surface area contributed by atoms with Gasteiger partial charge >= 0.3 is 0 Å². The second-order valence-electron chi connectivity index (χ2n) is 3.45. The van der Waals surface area contributed by atoms with Crippen LogP contribution >= 0.6 is 0 Å². The zero-order valence-corrected chi connectivity index (χ0v) is 8.98. The van der Waals surface area contributed by atoms with Crippen molar-refractivity contribution in [2.24, 2.45) is 7.05 Å². The van der Waals surface area contributed by atoms with E-state index < -0.39 is 0 Å². The molecule has 0 aromatic carbocycles. The molecule has 0 radical (unpaired) electrons. The summed E-state index contributed by atoms with van der Waals surface area (Å²) < 4.78 is 1.88. The molecule has 0 aliphatic heterocycles. The smallest absolute Gasteiger partial charge is 0.0558 e. The quantitative estimate of drug-likeness (QED) is 0.727. The lowest BCUT2D eigenvalue weighted by molar-refractivity contribution is 0.187. The topological polar surface area (TPSA) is 41.3 Å². The Morgan fingerprint density at radius 2 is 2.29 bits per heavy atom. The van der Waals surface area contributed by atoms with E-state index >= 15 is 0 Å². The summed E-state index contributed by atoms with van der Waals surface area (Å²) in [5, 5.41) is 13.0. The Labute approximate surface area is 85.1 Å². The van der Waals surface area contributed by atoms with Gasteiger partial charge in [-0.25, -0.2) is 0 Å². The fraction of sp³-hybridized carbons (Fsp3) is 0.700. The van der Waals surface area contributed by atoms with E-state index in [1.54, 1.807) is 6.20 Å². The zero-order valence-electron chi connectivity index (χ0n) is 8.98. The van der Waals surface area contributed by atoms with Crippen molar-refractivity contribution in [1.29, 1.82) is 0 Å². The second-order valence-corrected chi connectivity index (χ2v) is 3.45. The van der Waals surface area contributed by atoms with Crippen LogP contribution in [0.15, 0.2) is 12.3 Å². The molecule has 1 aromatic rings. The third-order valence-electron chi connectivity index (χ3n) is 2.26. The average Bonchev–Trinajstić information content (AvgIpc) is 2.53. The number of hydrogen-bond acceptors (Lipinski definition) is 3. The maximum atomic E-state index is 8.90. The highest BCUT2D eigenvalue weighted by Crippen LogP contribution is 2.03. The summed E-state index contributed by atoms with van der Waals surface area (Å²) in [5.74, 6) is 0. The maximum Gasteiger partial charge on any atom is 0.0558 e. The van der Waals surface area contributed by atoms with Gasteiger partial charge in [0.05, 0.1) is 12.3 Å². The first-order valence-electron chi connectivity index (χ1n) is 5.08. The van der Waals surface area contributed by atoms with Crippen LogP contribution in [0.3, 0.4) is 0 Å². The number of aryl methyl sites for hydroxylation is 1. The van der Waals surface area contributed by atoms with E-state index in [-0.39, 0.29) is 6.61 Å². The molecule has 1 N–H and O–H groups in total. The van der Waals surface area contributed by atoms with E-state index in [2.05, 4.69) is 16.9 Å². The lowest BCUT2D eigenvalue weighted by Gasteiger charge is -2.20. The minimum atomic E-state index is 0.220. The highest BCUT2D eigenvalue weighted by molar-refractivity contribution is 4.99. The normalized spacial score (nSPS) is 11.1. The molecule has 4 nitrogen and oxygen atoms in total. The Balaban J connectivity index is 2.50. The van der Waals surface area contributed by atoms with Crippen LogP contribution in [0.4, 0.5) is 0 Å². The number of nitrogens with zero attached hydrogens (tertiary/aromatic N) is 3. The molecule has 0 bridgehead atoms. The van der Waals surface area contributed by atoms with E-state index in [4.69, 9.17) is 5.11 Å². The van der Waals surface area contributed by atoms with Gasteiger partial charge < -0.3 is 5.11 Å². The van der Waals surface area contributed by atoms with E-state index in [0.29, 0.717) is 0 Å². The van der Waals surface area contributed by atoms with E-state index in [1.807, 2.05) is 17.8 Å². The fourth-order valence-corrected chi connectivity index (χ4v) is 1.51. The SMILES string of the molecule is CCCN(CCO)Cc1ccnn1C. The van der Waals surface area contributed by atoms with E-state index in [0.717, 1.165) is 26.1 Å². The van der Waals surface area contributed by atoms with Gasteiger partial charge in [0.1, 0.15) is 0 Å². The molecule has 0 amide bonds. The molecule has 1 heterocycles. The van der Waals surface area contributed by atoms with Crippen LogP contribution in [0.25, 0.3) is 0 Å². The molecule has 1 aromatic heterocycles.